The van der Waals surface area contributed by atoms with Crippen molar-refractivity contribution in [3.05, 3.63) is 28.2 Å². The van der Waals surface area contributed by atoms with Crippen LogP contribution in [0.3, 0.4) is 0 Å². The molecule has 0 radical (unpaired) electrons. The second-order valence-electron chi connectivity index (χ2n) is 4.05. The van der Waals surface area contributed by atoms with E-state index in [-0.39, 0.29) is 12.5 Å². The van der Waals surface area contributed by atoms with E-state index in [1.54, 1.807) is 6.07 Å². The lowest BCUT2D eigenvalue weighted by atomic mass is 9.89. The van der Waals surface area contributed by atoms with Gasteiger partial charge in [-0.2, -0.15) is 0 Å². The maximum Gasteiger partial charge on any atom is 0.167 e. The molecule has 2 N–H and O–H groups in total. The number of benzene rings is 1. The number of nitrogens with two attached hydrogens (primary N) is 1. The predicted octanol–water partition coefficient (Wildman–Crippen LogP) is 2.91. The van der Waals surface area contributed by atoms with Crippen molar-refractivity contribution in [1.29, 1.82) is 0 Å². The smallest absolute Gasteiger partial charge is 0.167 e. The first-order valence-electron chi connectivity index (χ1n) is 4.96. The summed E-state index contributed by atoms with van der Waals surface area (Å²) in [5.41, 5.74) is 5.28. The molecule has 1 aromatic rings. The first-order valence-corrected chi connectivity index (χ1v) is 5.75. The van der Waals surface area contributed by atoms with Crippen LogP contribution in [0.5, 0.6) is 5.75 Å². The van der Waals surface area contributed by atoms with Crippen molar-refractivity contribution in [2.24, 2.45) is 5.73 Å². The zero-order valence-electron chi connectivity index (χ0n) is 8.55. The molecule has 2 nitrogen and oxygen atoms in total. The summed E-state index contributed by atoms with van der Waals surface area (Å²) in [5, 5.41) is 0. The Morgan fingerprint density at radius 2 is 2.12 bits per heavy atom. The van der Waals surface area contributed by atoms with Crippen molar-refractivity contribution in [3.8, 4) is 5.75 Å². The van der Waals surface area contributed by atoms with Crippen LogP contribution in [-0.2, 0) is 0 Å². The van der Waals surface area contributed by atoms with Crippen LogP contribution in [0, 0.1) is 0 Å². The van der Waals surface area contributed by atoms with Gasteiger partial charge in [-0.25, -0.2) is 8.78 Å². The van der Waals surface area contributed by atoms with Gasteiger partial charge in [0.1, 0.15) is 19.1 Å². The predicted molar refractivity (Wildman–Crippen MR) is 61.0 cm³/mol. The summed E-state index contributed by atoms with van der Waals surface area (Å²) >= 11 is 3.28. The van der Waals surface area contributed by atoms with Gasteiger partial charge in [0, 0.05) is 22.5 Å². The van der Waals surface area contributed by atoms with E-state index in [4.69, 9.17) is 10.5 Å². The van der Waals surface area contributed by atoms with Crippen molar-refractivity contribution in [2.75, 3.05) is 13.3 Å². The van der Waals surface area contributed by atoms with Crippen LogP contribution in [-0.4, -0.2) is 19.0 Å². The fourth-order valence-corrected chi connectivity index (χ4v) is 2.23. The van der Waals surface area contributed by atoms with Crippen LogP contribution in [0.2, 0.25) is 0 Å². The fraction of sp³-hybridized carbons (Fsp3) is 0.455. The van der Waals surface area contributed by atoms with Crippen molar-refractivity contribution in [2.45, 2.75) is 18.1 Å². The number of hydrogen-bond donors (Lipinski definition) is 1. The molecule has 2 rings (SSSR count). The highest BCUT2D eigenvalue weighted by Crippen LogP contribution is 2.40. The van der Waals surface area contributed by atoms with Crippen molar-refractivity contribution >= 4 is 15.9 Å². The van der Waals surface area contributed by atoms with E-state index in [0.717, 1.165) is 10.0 Å². The number of alkyl halides is 2. The number of rotatable bonds is 2. The van der Waals surface area contributed by atoms with Crippen LogP contribution in [0.4, 0.5) is 8.78 Å². The molecule has 1 aliphatic heterocycles. The van der Waals surface area contributed by atoms with Crippen molar-refractivity contribution in [1.82, 2.24) is 0 Å². The Morgan fingerprint density at radius 3 is 2.75 bits per heavy atom. The van der Waals surface area contributed by atoms with Gasteiger partial charge in [-0.3, -0.25) is 0 Å². The average Bonchev–Trinajstić information content (AvgIpc) is 2.28. The van der Waals surface area contributed by atoms with Crippen molar-refractivity contribution in [3.63, 3.8) is 0 Å². The minimum atomic E-state index is -1.41. The number of ether oxygens (including phenoxy) is 1. The highest BCUT2D eigenvalue weighted by Gasteiger charge is 2.40. The fourth-order valence-electron chi connectivity index (χ4n) is 1.89. The monoisotopic (exact) mass is 291 g/mol. The van der Waals surface area contributed by atoms with Crippen LogP contribution in [0.25, 0.3) is 0 Å². The molecule has 0 saturated carbocycles. The SMILES string of the molecule is NC1CC(CF)(CF)Oc2cc(Br)ccc21. The summed E-state index contributed by atoms with van der Waals surface area (Å²) < 4.78 is 31.9. The van der Waals surface area contributed by atoms with E-state index in [1.165, 1.54) is 0 Å². The minimum absolute atomic E-state index is 0.161. The standard InChI is InChI=1S/C11H12BrF2NO/c12-7-1-2-8-9(15)4-11(5-13,6-14)16-10(8)3-7/h1-3,9H,4-6,15H2. The highest BCUT2D eigenvalue weighted by molar-refractivity contribution is 9.10. The van der Waals surface area contributed by atoms with Gasteiger partial charge in [0.25, 0.3) is 0 Å². The van der Waals surface area contributed by atoms with Gasteiger partial charge in [-0.05, 0) is 12.1 Å². The Morgan fingerprint density at radius 1 is 1.44 bits per heavy atom. The van der Waals surface area contributed by atoms with Gasteiger partial charge in [-0.1, -0.05) is 22.0 Å². The van der Waals surface area contributed by atoms with Crippen LogP contribution in [0.1, 0.15) is 18.0 Å². The van der Waals surface area contributed by atoms with E-state index >= 15 is 0 Å². The topological polar surface area (TPSA) is 35.2 Å². The number of halogens is 3. The molecule has 5 heteroatoms. The normalized spacial score (nSPS) is 22.4. The maximum atomic E-state index is 12.9. The minimum Gasteiger partial charge on any atom is -0.481 e. The molecule has 0 amide bonds. The van der Waals surface area contributed by atoms with Crippen LogP contribution in [0.15, 0.2) is 22.7 Å². The maximum absolute atomic E-state index is 12.9. The molecular weight excluding hydrogens is 280 g/mol. The zero-order chi connectivity index (χ0) is 11.8. The van der Waals surface area contributed by atoms with Crippen molar-refractivity contribution < 1.29 is 13.5 Å². The molecule has 88 valence electrons. The van der Waals surface area contributed by atoms with Gasteiger partial charge in [-0.15, -0.1) is 0 Å². The zero-order valence-corrected chi connectivity index (χ0v) is 10.1. The lowest BCUT2D eigenvalue weighted by Gasteiger charge is -2.37. The summed E-state index contributed by atoms with van der Waals surface area (Å²) in [6.07, 6.45) is 0.161. The van der Waals surface area contributed by atoms with Gasteiger partial charge >= 0.3 is 0 Å². The lowest BCUT2D eigenvalue weighted by Crippen LogP contribution is -2.46. The van der Waals surface area contributed by atoms with E-state index in [9.17, 15) is 8.78 Å². The molecule has 0 aliphatic carbocycles. The van der Waals surface area contributed by atoms with E-state index in [0.29, 0.717) is 5.75 Å². The molecule has 1 atom stereocenters. The molecule has 0 saturated heterocycles. The number of fused-ring (bicyclic) bond motifs is 1. The first-order chi connectivity index (χ1) is 7.60. The molecule has 0 bridgehead atoms. The van der Waals surface area contributed by atoms with E-state index < -0.39 is 19.0 Å². The quantitative estimate of drug-likeness (QED) is 0.909. The third-order valence-corrected chi connectivity index (χ3v) is 3.27. The largest absolute Gasteiger partial charge is 0.481 e. The van der Waals surface area contributed by atoms with E-state index in [1.807, 2.05) is 12.1 Å². The Labute approximate surface area is 101 Å². The van der Waals surface area contributed by atoms with Gasteiger partial charge < -0.3 is 10.5 Å². The Bertz CT molecular complexity index is 396. The molecule has 1 aliphatic rings. The van der Waals surface area contributed by atoms with E-state index in [2.05, 4.69) is 15.9 Å². The highest BCUT2D eigenvalue weighted by atomic mass is 79.9. The average molecular weight is 292 g/mol. The second-order valence-corrected chi connectivity index (χ2v) is 4.96. The molecule has 1 aromatic carbocycles. The lowest BCUT2D eigenvalue weighted by molar-refractivity contribution is -0.00784. The van der Waals surface area contributed by atoms with Crippen LogP contribution < -0.4 is 10.5 Å². The summed E-state index contributed by atoms with van der Waals surface area (Å²) in [5.74, 6) is 0.462. The Balaban J connectivity index is 2.41. The number of hydrogen-bond acceptors (Lipinski definition) is 2. The van der Waals surface area contributed by atoms with Gasteiger partial charge in [0.05, 0.1) is 0 Å². The summed E-state index contributed by atoms with van der Waals surface area (Å²) in [6, 6.07) is 4.95. The Hall–Kier alpha value is -0.680. The summed E-state index contributed by atoms with van der Waals surface area (Å²) in [7, 11) is 0. The van der Waals surface area contributed by atoms with Gasteiger partial charge in [0.15, 0.2) is 5.60 Å². The molecular formula is C11H12BrF2NO. The second kappa shape index (κ2) is 4.30. The summed E-state index contributed by atoms with van der Waals surface area (Å²) in [6.45, 7) is -1.74. The Kier molecular flexibility index (Phi) is 3.17. The third-order valence-electron chi connectivity index (χ3n) is 2.78. The van der Waals surface area contributed by atoms with Crippen LogP contribution >= 0.6 is 15.9 Å². The third kappa shape index (κ3) is 1.94. The summed E-state index contributed by atoms with van der Waals surface area (Å²) in [4.78, 5) is 0. The van der Waals surface area contributed by atoms with Gasteiger partial charge in [0.2, 0.25) is 0 Å². The molecule has 1 unspecified atom stereocenters. The first kappa shape index (κ1) is 11.8. The molecule has 0 spiro atoms. The molecule has 16 heavy (non-hydrogen) atoms. The molecule has 0 fully saturated rings. The molecule has 0 aromatic heterocycles. The molecule has 1 heterocycles.